The third kappa shape index (κ3) is 6.29. The second kappa shape index (κ2) is 11.2. The first kappa shape index (κ1) is 24.5. The number of amides is 2. The van der Waals surface area contributed by atoms with Crippen LogP contribution in [0, 0.1) is 6.92 Å². The highest BCUT2D eigenvalue weighted by atomic mass is 35.5. The Kier molecular flexibility index (Phi) is 8.08. The molecule has 2 amide bonds. The Balaban J connectivity index is 1.34. The van der Waals surface area contributed by atoms with Gasteiger partial charge in [0, 0.05) is 23.0 Å². The Bertz CT molecular complexity index is 1170. The molecule has 1 aliphatic carbocycles. The predicted octanol–water partition coefficient (Wildman–Crippen LogP) is 5.81. The van der Waals surface area contributed by atoms with Gasteiger partial charge in [0.2, 0.25) is 0 Å². The number of rotatable bonds is 7. The van der Waals surface area contributed by atoms with Gasteiger partial charge in [0.05, 0.1) is 10.0 Å². The van der Waals surface area contributed by atoms with Crippen molar-refractivity contribution in [1.82, 2.24) is 15.6 Å². The molecule has 6 nitrogen and oxygen atoms in total. The van der Waals surface area contributed by atoms with Crippen LogP contribution < -0.4 is 15.4 Å². The maximum absolute atomic E-state index is 12.9. The smallest absolute Gasteiger partial charge is 0.271 e. The molecular weight excluding hydrogens is 493 g/mol. The third-order valence-corrected chi connectivity index (χ3v) is 7.31. The van der Waals surface area contributed by atoms with Crippen LogP contribution in [0.4, 0.5) is 0 Å². The molecule has 0 unspecified atom stereocenters. The van der Waals surface area contributed by atoms with E-state index in [4.69, 9.17) is 27.9 Å². The number of ether oxygens (including phenoxy) is 1. The molecule has 3 aromatic rings. The van der Waals surface area contributed by atoms with E-state index >= 15 is 0 Å². The summed E-state index contributed by atoms with van der Waals surface area (Å²) in [7, 11) is 0. The number of carbonyl (C=O) groups excluding carboxylic acids is 2. The van der Waals surface area contributed by atoms with E-state index in [1.165, 1.54) is 11.3 Å². The Hall–Kier alpha value is -2.61. The zero-order chi connectivity index (χ0) is 24.1. The number of aromatic nitrogens is 1. The fraction of sp³-hybridized carbons (Fsp3) is 0.320. The van der Waals surface area contributed by atoms with Crippen LogP contribution in [-0.2, 0) is 6.61 Å². The van der Waals surface area contributed by atoms with Crippen LogP contribution in [0.3, 0.4) is 0 Å². The lowest BCUT2D eigenvalue weighted by Crippen LogP contribution is -2.53. The van der Waals surface area contributed by atoms with Crippen molar-refractivity contribution in [2.45, 2.75) is 51.3 Å². The molecule has 2 atom stereocenters. The zero-order valence-corrected chi connectivity index (χ0v) is 21.0. The number of halogens is 2. The highest BCUT2D eigenvalue weighted by molar-refractivity contribution is 7.09. The molecule has 0 bridgehead atoms. The average molecular weight is 518 g/mol. The Morgan fingerprint density at radius 3 is 2.35 bits per heavy atom. The standard InChI is InChI=1S/C25H25Cl2N3O3S/c1-15-6-9-17(10-7-15)33-13-23-28-22(14-34-23)25(32)30-21-5-3-2-4-20(21)29-24(31)16-8-11-18(26)19(27)12-16/h6-12,14,20-21H,2-5,13H2,1H3,(H,29,31)(H,30,32)/t20-,21+/m0/s1. The SMILES string of the molecule is Cc1ccc(OCc2nc(C(=O)N[C@@H]3CCCC[C@@H]3NC(=O)c3ccc(Cl)c(Cl)c3)cs2)cc1. The van der Waals surface area contributed by atoms with E-state index in [2.05, 4.69) is 15.6 Å². The van der Waals surface area contributed by atoms with Crippen molar-refractivity contribution in [1.29, 1.82) is 0 Å². The van der Waals surface area contributed by atoms with Crippen LogP contribution in [0.25, 0.3) is 0 Å². The quantitative estimate of drug-likeness (QED) is 0.414. The largest absolute Gasteiger partial charge is 0.486 e. The van der Waals surface area contributed by atoms with Crippen molar-refractivity contribution in [3.8, 4) is 5.75 Å². The summed E-state index contributed by atoms with van der Waals surface area (Å²) in [5.41, 5.74) is 1.95. The number of nitrogens with zero attached hydrogens (tertiary/aromatic N) is 1. The van der Waals surface area contributed by atoms with Gasteiger partial charge in [-0.05, 0) is 50.1 Å². The van der Waals surface area contributed by atoms with Gasteiger partial charge in [-0.25, -0.2) is 4.98 Å². The van der Waals surface area contributed by atoms with Crippen molar-refractivity contribution in [3.63, 3.8) is 0 Å². The highest BCUT2D eigenvalue weighted by Gasteiger charge is 2.29. The minimum atomic E-state index is -0.251. The molecular formula is C25H25Cl2N3O3S. The summed E-state index contributed by atoms with van der Waals surface area (Å²) in [6.45, 7) is 2.32. The summed E-state index contributed by atoms with van der Waals surface area (Å²) in [6, 6.07) is 12.2. The fourth-order valence-corrected chi connectivity index (χ4v) is 4.85. The van der Waals surface area contributed by atoms with Gasteiger partial charge in [-0.3, -0.25) is 9.59 Å². The number of hydrogen-bond donors (Lipinski definition) is 2. The molecule has 1 aromatic heterocycles. The van der Waals surface area contributed by atoms with Crippen LogP contribution in [0.1, 0.15) is 57.1 Å². The molecule has 34 heavy (non-hydrogen) atoms. The molecule has 1 aliphatic rings. The molecule has 2 N–H and O–H groups in total. The molecule has 0 saturated heterocycles. The molecule has 9 heteroatoms. The summed E-state index contributed by atoms with van der Waals surface area (Å²) >= 11 is 13.4. The van der Waals surface area contributed by atoms with Gasteiger partial charge in [-0.1, -0.05) is 53.7 Å². The molecule has 1 heterocycles. The minimum Gasteiger partial charge on any atom is -0.486 e. The van der Waals surface area contributed by atoms with Crippen molar-refractivity contribution < 1.29 is 14.3 Å². The van der Waals surface area contributed by atoms with E-state index in [1.54, 1.807) is 23.6 Å². The predicted molar refractivity (Wildman–Crippen MR) is 135 cm³/mol. The summed E-state index contributed by atoms with van der Waals surface area (Å²) in [5, 5.41) is 9.28. The summed E-state index contributed by atoms with van der Waals surface area (Å²) in [4.78, 5) is 30.0. The van der Waals surface area contributed by atoms with Crippen molar-refractivity contribution in [3.05, 3.63) is 79.7 Å². The first-order valence-corrected chi connectivity index (χ1v) is 12.7. The maximum atomic E-state index is 12.9. The lowest BCUT2D eigenvalue weighted by molar-refractivity contribution is 0.0860. The van der Waals surface area contributed by atoms with Gasteiger partial charge in [0.1, 0.15) is 23.1 Å². The molecule has 0 radical (unpaired) electrons. The van der Waals surface area contributed by atoms with Gasteiger partial charge < -0.3 is 15.4 Å². The average Bonchev–Trinajstić information content (AvgIpc) is 3.31. The lowest BCUT2D eigenvalue weighted by Gasteiger charge is -2.32. The molecule has 1 fully saturated rings. The second-order valence-corrected chi connectivity index (χ2v) is 10.1. The Labute approximate surface area is 212 Å². The van der Waals surface area contributed by atoms with Crippen LogP contribution in [-0.4, -0.2) is 28.9 Å². The topological polar surface area (TPSA) is 80.3 Å². The van der Waals surface area contributed by atoms with Crippen LogP contribution >= 0.6 is 34.5 Å². The summed E-state index contributed by atoms with van der Waals surface area (Å²) in [5.74, 6) is 0.266. The molecule has 178 valence electrons. The number of nitrogens with one attached hydrogen (secondary N) is 2. The molecule has 2 aromatic carbocycles. The van der Waals surface area contributed by atoms with Gasteiger partial charge >= 0.3 is 0 Å². The summed E-state index contributed by atoms with van der Waals surface area (Å²) in [6.07, 6.45) is 3.53. The number of aryl methyl sites for hydroxylation is 1. The maximum Gasteiger partial charge on any atom is 0.271 e. The number of carbonyl (C=O) groups is 2. The van der Waals surface area contributed by atoms with Crippen molar-refractivity contribution in [2.24, 2.45) is 0 Å². The van der Waals surface area contributed by atoms with Gasteiger partial charge in [-0.15, -0.1) is 11.3 Å². The highest BCUT2D eigenvalue weighted by Crippen LogP contribution is 2.24. The van der Waals surface area contributed by atoms with Gasteiger partial charge in [0.15, 0.2) is 0 Å². The number of thiazole rings is 1. The van der Waals surface area contributed by atoms with E-state index in [1.807, 2.05) is 31.2 Å². The van der Waals surface area contributed by atoms with Crippen LogP contribution in [0.15, 0.2) is 47.8 Å². The fourth-order valence-electron chi connectivity index (χ4n) is 3.87. The first-order chi connectivity index (χ1) is 16.4. The van der Waals surface area contributed by atoms with Gasteiger partial charge in [-0.2, -0.15) is 0 Å². The van der Waals surface area contributed by atoms with Gasteiger partial charge in [0.25, 0.3) is 11.8 Å². The minimum absolute atomic E-state index is 0.178. The molecule has 0 spiro atoms. The van der Waals surface area contributed by atoms with Crippen LogP contribution in [0.2, 0.25) is 10.0 Å². The summed E-state index contributed by atoms with van der Waals surface area (Å²) < 4.78 is 5.76. The molecule has 4 rings (SSSR count). The van der Waals surface area contributed by atoms with Crippen molar-refractivity contribution >= 4 is 46.4 Å². The number of hydrogen-bond acceptors (Lipinski definition) is 5. The first-order valence-electron chi connectivity index (χ1n) is 11.1. The number of benzene rings is 2. The Morgan fingerprint density at radius 1 is 1.00 bits per heavy atom. The normalized spacial score (nSPS) is 17.7. The monoisotopic (exact) mass is 517 g/mol. The molecule has 0 aliphatic heterocycles. The van der Waals surface area contributed by atoms with Crippen LogP contribution in [0.5, 0.6) is 5.75 Å². The van der Waals surface area contributed by atoms with E-state index in [9.17, 15) is 9.59 Å². The van der Waals surface area contributed by atoms with E-state index < -0.39 is 0 Å². The Morgan fingerprint density at radius 2 is 1.68 bits per heavy atom. The van der Waals surface area contributed by atoms with Crippen molar-refractivity contribution in [2.75, 3.05) is 0 Å². The lowest BCUT2D eigenvalue weighted by atomic mass is 9.90. The van der Waals surface area contributed by atoms with E-state index in [0.717, 1.165) is 42.0 Å². The van der Waals surface area contributed by atoms with E-state index in [0.29, 0.717) is 27.9 Å². The molecule has 1 saturated carbocycles. The van der Waals surface area contributed by atoms with E-state index in [-0.39, 0.29) is 23.9 Å². The second-order valence-electron chi connectivity index (χ2n) is 8.30. The zero-order valence-electron chi connectivity index (χ0n) is 18.6. The third-order valence-electron chi connectivity index (χ3n) is 5.75.